The van der Waals surface area contributed by atoms with E-state index in [9.17, 15) is 4.39 Å². The zero-order valence-corrected chi connectivity index (χ0v) is 11.9. The van der Waals surface area contributed by atoms with E-state index >= 15 is 0 Å². The van der Waals surface area contributed by atoms with Crippen LogP contribution in [0.4, 0.5) is 10.1 Å². The summed E-state index contributed by atoms with van der Waals surface area (Å²) in [6.07, 6.45) is 0. The molecule has 0 bridgehead atoms. The van der Waals surface area contributed by atoms with Gasteiger partial charge in [-0.2, -0.15) is 0 Å². The van der Waals surface area contributed by atoms with Gasteiger partial charge in [0, 0.05) is 16.1 Å². The van der Waals surface area contributed by atoms with E-state index < -0.39 is 0 Å². The van der Waals surface area contributed by atoms with Crippen LogP contribution in [0.3, 0.4) is 0 Å². The average Bonchev–Trinajstić information content (AvgIpc) is 2.38. The number of halogens is 2. The Morgan fingerprint density at radius 1 is 1.16 bits per heavy atom. The van der Waals surface area contributed by atoms with Gasteiger partial charge < -0.3 is 15.2 Å². The molecule has 2 aromatic rings. The second-order valence-electron chi connectivity index (χ2n) is 3.93. The smallest absolute Gasteiger partial charge is 0.142 e. The first-order chi connectivity index (χ1) is 9.10. The lowest BCUT2D eigenvalue weighted by Crippen LogP contribution is -2.01. The molecule has 2 N–H and O–H groups in total. The highest BCUT2D eigenvalue weighted by Crippen LogP contribution is 2.27. The van der Waals surface area contributed by atoms with Gasteiger partial charge in [0.15, 0.2) is 0 Å². The Labute approximate surface area is 119 Å². The van der Waals surface area contributed by atoms with Crippen LogP contribution in [0.15, 0.2) is 40.9 Å². The maximum Gasteiger partial charge on any atom is 0.142 e. The summed E-state index contributed by atoms with van der Waals surface area (Å²) in [7, 11) is 1.60. The van der Waals surface area contributed by atoms with Crippen molar-refractivity contribution >= 4 is 21.6 Å². The molecule has 0 amide bonds. The molecule has 0 unspecified atom stereocenters. The second-order valence-corrected chi connectivity index (χ2v) is 4.84. The Morgan fingerprint density at radius 3 is 2.58 bits per heavy atom. The van der Waals surface area contributed by atoms with Crippen LogP contribution in [0.25, 0.3) is 0 Å². The lowest BCUT2D eigenvalue weighted by atomic mass is 10.2. The molecule has 2 aromatic carbocycles. The maximum absolute atomic E-state index is 12.9. The molecule has 19 heavy (non-hydrogen) atoms. The average molecular weight is 326 g/mol. The summed E-state index contributed by atoms with van der Waals surface area (Å²) in [5, 5.41) is 0. The molecular formula is C14H13BrFNO2. The number of ether oxygens (including phenoxy) is 2. The molecule has 0 fully saturated rings. The predicted molar refractivity (Wildman–Crippen MR) is 75.8 cm³/mol. The summed E-state index contributed by atoms with van der Waals surface area (Å²) in [5.41, 5.74) is 6.83. The van der Waals surface area contributed by atoms with Crippen LogP contribution in [-0.2, 0) is 6.61 Å². The number of anilines is 1. The molecule has 0 aliphatic carbocycles. The largest absolute Gasteiger partial charge is 0.496 e. The molecular weight excluding hydrogens is 313 g/mol. The Bertz CT molecular complexity index is 590. The van der Waals surface area contributed by atoms with Gasteiger partial charge in [0.2, 0.25) is 0 Å². The van der Waals surface area contributed by atoms with E-state index in [1.54, 1.807) is 7.11 Å². The van der Waals surface area contributed by atoms with E-state index in [1.165, 1.54) is 18.2 Å². The second kappa shape index (κ2) is 5.93. The van der Waals surface area contributed by atoms with E-state index in [0.717, 1.165) is 15.8 Å². The fourth-order valence-electron chi connectivity index (χ4n) is 1.67. The third-order valence-electron chi connectivity index (χ3n) is 2.60. The molecule has 3 nitrogen and oxygen atoms in total. The standard InChI is InChI=1S/C14H13BrFNO2/c1-18-13-4-2-10(15)6-9(13)8-19-14-5-3-11(16)7-12(14)17/h2-7H,8,17H2,1H3. The van der Waals surface area contributed by atoms with E-state index in [0.29, 0.717) is 12.4 Å². The number of benzene rings is 2. The maximum atomic E-state index is 12.9. The predicted octanol–water partition coefficient (Wildman–Crippen LogP) is 3.76. The number of nitrogens with two attached hydrogens (primary N) is 1. The van der Waals surface area contributed by atoms with Gasteiger partial charge in [0.05, 0.1) is 12.8 Å². The highest BCUT2D eigenvalue weighted by atomic mass is 79.9. The summed E-state index contributed by atoms with van der Waals surface area (Å²) < 4.78 is 24.7. The summed E-state index contributed by atoms with van der Waals surface area (Å²) in [5.74, 6) is 0.789. The normalized spacial score (nSPS) is 10.3. The van der Waals surface area contributed by atoms with Gasteiger partial charge in [-0.25, -0.2) is 4.39 Å². The van der Waals surface area contributed by atoms with Crippen molar-refractivity contribution in [1.29, 1.82) is 0 Å². The van der Waals surface area contributed by atoms with Crippen molar-refractivity contribution < 1.29 is 13.9 Å². The lowest BCUT2D eigenvalue weighted by Gasteiger charge is -2.12. The Morgan fingerprint density at radius 2 is 1.89 bits per heavy atom. The quantitative estimate of drug-likeness (QED) is 0.870. The number of nitrogen functional groups attached to an aromatic ring is 1. The molecule has 0 heterocycles. The first kappa shape index (κ1) is 13.7. The molecule has 0 aliphatic rings. The summed E-state index contributed by atoms with van der Waals surface area (Å²) in [6.45, 7) is 0.290. The number of methoxy groups -OCH3 is 1. The minimum atomic E-state index is -0.384. The molecule has 0 aromatic heterocycles. The molecule has 0 aliphatic heterocycles. The van der Waals surface area contributed by atoms with Crippen LogP contribution < -0.4 is 15.2 Å². The summed E-state index contributed by atoms with van der Waals surface area (Å²) in [4.78, 5) is 0. The minimum absolute atomic E-state index is 0.272. The Balaban J connectivity index is 2.16. The van der Waals surface area contributed by atoms with Crippen molar-refractivity contribution in [3.63, 3.8) is 0 Å². The van der Waals surface area contributed by atoms with Gasteiger partial charge in [-0.15, -0.1) is 0 Å². The van der Waals surface area contributed by atoms with Gasteiger partial charge in [0.1, 0.15) is 23.9 Å². The van der Waals surface area contributed by atoms with Gasteiger partial charge in [-0.1, -0.05) is 15.9 Å². The van der Waals surface area contributed by atoms with Crippen LogP contribution >= 0.6 is 15.9 Å². The molecule has 0 radical (unpaired) electrons. The van der Waals surface area contributed by atoms with Crippen molar-refractivity contribution in [3.05, 3.63) is 52.3 Å². The van der Waals surface area contributed by atoms with Crippen molar-refractivity contribution in [2.24, 2.45) is 0 Å². The van der Waals surface area contributed by atoms with Crippen LogP contribution in [0.1, 0.15) is 5.56 Å². The summed E-state index contributed by atoms with van der Waals surface area (Å²) in [6, 6.07) is 9.68. The molecule has 2 rings (SSSR count). The fourth-order valence-corrected chi connectivity index (χ4v) is 2.07. The third kappa shape index (κ3) is 3.38. The molecule has 0 spiro atoms. The number of hydrogen-bond acceptors (Lipinski definition) is 3. The van der Waals surface area contributed by atoms with Crippen molar-refractivity contribution in [1.82, 2.24) is 0 Å². The Kier molecular flexibility index (Phi) is 4.27. The molecule has 0 saturated carbocycles. The van der Waals surface area contributed by atoms with Crippen molar-refractivity contribution in [3.8, 4) is 11.5 Å². The van der Waals surface area contributed by atoms with Crippen LogP contribution in [-0.4, -0.2) is 7.11 Å². The van der Waals surface area contributed by atoms with Gasteiger partial charge in [-0.05, 0) is 30.3 Å². The topological polar surface area (TPSA) is 44.5 Å². The zero-order chi connectivity index (χ0) is 13.8. The fraction of sp³-hybridized carbons (Fsp3) is 0.143. The minimum Gasteiger partial charge on any atom is -0.496 e. The number of hydrogen-bond donors (Lipinski definition) is 1. The molecule has 100 valence electrons. The van der Waals surface area contributed by atoms with Crippen LogP contribution in [0, 0.1) is 5.82 Å². The summed E-state index contributed by atoms with van der Waals surface area (Å²) >= 11 is 3.39. The first-order valence-electron chi connectivity index (χ1n) is 5.60. The van der Waals surface area contributed by atoms with Gasteiger partial charge in [0.25, 0.3) is 0 Å². The highest BCUT2D eigenvalue weighted by Gasteiger charge is 2.07. The third-order valence-corrected chi connectivity index (χ3v) is 3.09. The zero-order valence-electron chi connectivity index (χ0n) is 10.3. The van der Waals surface area contributed by atoms with Gasteiger partial charge >= 0.3 is 0 Å². The van der Waals surface area contributed by atoms with Crippen LogP contribution in [0.5, 0.6) is 11.5 Å². The van der Waals surface area contributed by atoms with E-state index in [2.05, 4.69) is 15.9 Å². The number of rotatable bonds is 4. The van der Waals surface area contributed by atoms with E-state index in [-0.39, 0.29) is 11.5 Å². The van der Waals surface area contributed by atoms with Crippen molar-refractivity contribution in [2.45, 2.75) is 6.61 Å². The highest BCUT2D eigenvalue weighted by molar-refractivity contribution is 9.10. The molecule has 0 saturated heterocycles. The Hall–Kier alpha value is -1.75. The van der Waals surface area contributed by atoms with Crippen molar-refractivity contribution in [2.75, 3.05) is 12.8 Å². The lowest BCUT2D eigenvalue weighted by molar-refractivity contribution is 0.298. The molecule has 5 heteroatoms. The monoisotopic (exact) mass is 325 g/mol. The van der Waals surface area contributed by atoms with Crippen LogP contribution in [0.2, 0.25) is 0 Å². The van der Waals surface area contributed by atoms with E-state index in [1.807, 2.05) is 18.2 Å². The van der Waals surface area contributed by atoms with Gasteiger partial charge in [-0.3, -0.25) is 0 Å². The SMILES string of the molecule is COc1ccc(Br)cc1COc1ccc(F)cc1N. The molecule has 0 atom stereocenters. The van der Waals surface area contributed by atoms with E-state index in [4.69, 9.17) is 15.2 Å². The first-order valence-corrected chi connectivity index (χ1v) is 6.39.